The van der Waals surface area contributed by atoms with Crippen molar-refractivity contribution in [3.63, 3.8) is 0 Å². The number of ether oxygens (including phenoxy) is 3. The first-order valence-corrected chi connectivity index (χ1v) is 9.45. The van der Waals surface area contributed by atoms with E-state index in [1.807, 2.05) is 18.2 Å². The van der Waals surface area contributed by atoms with Gasteiger partial charge >= 0.3 is 5.63 Å². The first kappa shape index (κ1) is 18.1. The fraction of sp³-hybridized carbons (Fsp3) is 0.130. The second-order valence-electron chi connectivity index (χ2n) is 6.79. The molecule has 7 heteroatoms. The molecule has 1 aliphatic heterocycles. The Morgan fingerprint density at radius 3 is 2.57 bits per heavy atom. The molecule has 0 aliphatic carbocycles. The number of hydrogen-bond acceptors (Lipinski definition) is 6. The highest BCUT2D eigenvalue weighted by molar-refractivity contribution is 6.04. The van der Waals surface area contributed by atoms with Gasteiger partial charge in [-0.3, -0.25) is 4.79 Å². The number of hydrogen-bond donors (Lipinski definition) is 1. The van der Waals surface area contributed by atoms with E-state index in [0.29, 0.717) is 47.1 Å². The molecule has 0 atom stereocenters. The number of anilines is 1. The van der Waals surface area contributed by atoms with Gasteiger partial charge in [-0.25, -0.2) is 4.79 Å². The molecule has 0 saturated heterocycles. The summed E-state index contributed by atoms with van der Waals surface area (Å²) in [6.45, 7) is 0.785. The second-order valence-corrected chi connectivity index (χ2v) is 6.79. The molecular formula is C23H17NO6. The van der Waals surface area contributed by atoms with Crippen LogP contribution in [-0.2, 0) is 4.79 Å². The minimum absolute atomic E-state index is 0.197. The molecule has 0 fully saturated rings. The largest absolute Gasteiger partial charge is 0.486 e. The standard InChI is InChI=1S/C23H17NO6/c25-22(24-14-5-8-19-21(11-14)28-10-9-27-19)13-29-15-6-7-17-16-3-1-2-4-18(16)23(26)30-20(17)12-15/h1-8,11-12H,9-10,13H2,(H,24,25). The van der Waals surface area contributed by atoms with Gasteiger partial charge in [0, 0.05) is 23.2 Å². The van der Waals surface area contributed by atoms with Crippen molar-refractivity contribution in [2.24, 2.45) is 0 Å². The van der Waals surface area contributed by atoms with E-state index in [1.54, 1.807) is 42.5 Å². The minimum atomic E-state index is -0.411. The van der Waals surface area contributed by atoms with Gasteiger partial charge in [-0.05, 0) is 35.7 Å². The number of carbonyl (C=O) groups excluding carboxylic acids is 1. The van der Waals surface area contributed by atoms with Crippen molar-refractivity contribution in [2.45, 2.75) is 0 Å². The Morgan fingerprint density at radius 1 is 0.900 bits per heavy atom. The summed E-state index contributed by atoms with van der Waals surface area (Å²) in [5.41, 5.74) is 0.582. The summed E-state index contributed by atoms with van der Waals surface area (Å²) in [6, 6.07) is 17.6. The van der Waals surface area contributed by atoms with Crippen LogP contribution in [0.2, 0.25) is 0 Å². The molecule has 0 bridgehead atoms. The van der Waals surface area contributed by atoms with Crippen LogP contribution in [0.15, 0.2) is 69.9 Å². The molecule has 1 aliphatic rings. The van der Waals surface area contributed by atoms with Gasteiger partial charge in [0.1, 0.15) is 24.5 Å². The van der Waals surface area contributed by atoms with Gasteiger partial charge in [-0.2, -0.15) is 0 Å². The molecular weight excluding hydrogens is 386 g/mol. The zero-order valence-electron chi connectivity index (χ0n) is 15.8. The highest BCUT2D eigenvalue weighted by atomic mass is 16.6. The first-order valence-electron chi connectivity index (χ1n) is 9.45. The van der Waals surface area contributed by atoms with Crippen LogP contribution in [0.1, 0.15) is 0 Å². The molecule has 1 aromatic heterocycles. The zero-order chi connectivity index (χ0) is 20.5. The van der Waals surface area contributed by atoms with E-state index >= 15 is 0 Å². The van der Waals surface area contributed by atoms with Crippen molar-refractivity contribution in [3.8, 4) is 17.2 Å². The Kier molecular flexibility index (Phi) is 4.48. The molecule has 1 N–H and O–H groups in total. The summed E-state index contributed by atoms with van der Waals surface area (Å²) in [4.78, 5) is 24.4. The third-order valence-electron chi connectivity index (χ3n) is 4.79. The Hall–Kier alpha value is -4.00. The molecule has 0 unspecified atom stereocenters. The topological polar surface area (TPSA) is 87.0 Å². The molecule has 3 aromatic carbocycles. The summed E-state index contributed by atoms with van der Waals surface area (Å²) in [6.07, 6.45) is 0. The summed E-state index contributed by atoms with van der Waals surface area (Å²) in [7, 11) is 0. The molecule has 0 radical (unpaired) electrons. The summed E-state index contributed by atoms with van der Waals surface area (Å²) < 4.78 is 22.0. The minimum Gasteiger partial charge on any atom is -0.486 e. The van der Waals surface area contributed by atoms with E-state index in [2.05, 4.69) is 5.32 Å². The van der Waals surface area contributed by atoms with Crippen molar-refractivity contribution in [2.75, 3.05) is 25.1 Å². The van der Waals surface area contributed by atoms with Gasteiger partial charge in [-0.1, -0.05) is 18.2 Å². The summed E-state index contributed by atoms with van der Waals surface area (Å²) >= 11 is 0. The number of rotatable bonds is 4. The predicted octanol–water partition coefficient (Wildman–Crippen LogP) is 3.73. The van der Waals surface area contributed by atoms with E-state index in [4.69, 9.17) is 18.6 Å². The van der Waals surface area contributed by atoms with Gasteiger partial charge < -0.3 is 23.9 Å². The quantitative estimate of drug-likeness (QED) is 0.413. The molecule has 7 nitrogen and oxygen atoms in total. The molecule has 1 amide bonds. The molecule has 0 spiro atoms. The van der Waals surface area contributed by atoms with Crippen molar-refractivity contribution >= 4 is 33.3 Å². The second kappa shape index (κ2) is 7.44. The van der Waals surface area contributed by atoms with E-state index in [9.17, 15) is 9.59 Å². The summed E-state index contributed by atoms with van der Waals surface area (Å²) in [5.74, 6) is 1.35. The first-order chi connectivity index (χ1) is 14.7. The van der Waals surface area contributed by atoms with Crippen LogP contribution < -0.4 is 25.2 Å². The lowest BCUT2D eigenvalue weighted by Gasteiger charge is -2.19. The molecule has 5 rings (SSSR count). The summed E-state index contributed by atoms with van der Waals surface area (Å²) in [5, 5.41) is 4.90. The fourth-order valence-corrected chi connectivity index (χ4v) is 3.42. The smallest absolute Gasteiger partial charge is 0.344 e. The van der Waals surface area contributed by atoms with Crippen molar-refractivity contribution in [1.29, 1.82) is 0 Å². The fourth-order valence-electron chi connectivity index (χ4n) is 3.42. The van der Waals surface area contributed by atoms with Gasteiger partial charge in [0.2, 0.25) is 0 Å². The predicted molar refractivity (Wildman–Crippen MR) is 112 cm³/mol. The number of amides is 1. The van der Waals surface area contributed by atoms with Crippen molar-refractivity contribution in [1.82, 2.24) is 0 Å². The van der Waals surface area contributed by atoms with E-state index < -0.39 is 5.63 Å². The van der Waals surface area contributed by atoms with Gasteiger partial charge in [0.05, 0.1) is 5.39 Å². The average molecular weight is 403 g/mol. The maximum absolute atomic E-state index is 12.3. The van der Waals surface area contributed by atoms with Crippen LogP contribution >= 0.6 is 0 Å². The van der Waals surface area contributed by atoms with Crippen LogP contribution in [0.25, 0.3) is 21.7 Å². The Morgan fingerprint density at radius 2 is 1.70 bits per heavy atom. The average Bonchev–Trinajstić information content (AvgIpc) is 2.78. The molecule has 2 heterocycles. The third kappa shape index (κ3) is 3.41. The maximum Gasteiger partial charge on any atom is 0.344 e. The number of carbonyl (C=O) groups is 1. The normalized spacial score (nSPS) is 12.7. The number of benzene rings is 3. The Balaban J connectivity index is 1.30. The Labute approximate surface area is 170 Å². The lowest BCUT2D eigenvalue weighted by Crippen LogP contribution is -2.20. The van der Waals surface area contributed by atoms with E-state index in [1.165, 1.54) is 0 Å². The van der Waals surface area contributed by atoms with Crippen LogP contribution in [-0.4, -0.2) is 25.7 Å². The third-order valence-corrected chi connectivity index (χ3v) is 4.79. The van der Waals surface area contributed by atoms with Crippen molar-refractivity contribution < 1.29 is 23.4 Å². The van der Waals surface area contributed by atoms with Crippen LogP contribution in [0.4, 0.5) is 5.69 Å². The van der Waals surface area contributed by atoms with Gasteiger partial charge in [-0.15, -0.1) is 0 Å². The highest BCUT2D eigenvalue weighted by Gasteiger charge is 2.13. The maximum atomic E-state index is 12.3. The van der Waals surface area contributed by atoms with Gasteiger partial charge in [0.25, 0.3) is 5.91 Å². The van der Waals surface area contributed by atoms with Crippen LogP contribution in [0.3, 0.4) is 0 Å². The Bertz CT molecular complexity index is 1330. The van der Waals surface area contributed by atoms with E-state index in [-0.39, 0.29) is 12.5 Å². The molecule has 30 heavy (non-hydrogen) atoms. The molecule has 150 valence electrons. The zero-order valence-corrected chi connectivity index (χ0v) is 15.8. The van der Waals surface area contributed by atoms with Gasteiger partial charge in [0.15, 0.2) is 18.1 Å². The van der Waals surface area contributed by atoms with Crippen LogP contribution in [0, 0.1) is 0 Å². The monoisotopic (exact) mass is 403 g/mol. The SMILES string of the molecule is O=C(COc1ccc2c(c1)oc(=O)c1ccccc12)Nc1ccc2c(c1)OCCO2. The number of nitrogens with one attached hydrogen (secondary N) is 1. The lowest BCUT2D eigenvalue weighted by molar-refractivity contribution is -0.118. The highest BCUT2D eigenvalue weighted by Crippen LogP contribution is 2.32. The van der Waals surface area contributed by atoms with Crippen molar-refractivity contribution in [3.05, 3.63) is 71.1 Å². The molecule has 0 saturated carbocycles. The van der Waals surface area contributed by atoms with E-state index in [0.717, 1.165) is 10.8 Å². The number of fused-ring (bicyclic) bond motifs is 4. The van der Waals surface area contributed by atoms with Crippen LogP contribution in [0.5, 0.6) is 17.2 Å². The lowest BCUT2D eigenvalue weighted by atomic mass is 10.1. The molecule has 4 aromatic rings.